The molecule has 0 saturated carbocycles. The first kappa shape index (κ1) is 15.6. The molecule has 1 aromatic rings. The van der Waals surface area contributed by atoms with Gasteiger partial charge in [-0.1, -0.05) is 23.2 Å². The van der Waals surface area contributed by atoms with E-state index in [0.717, 1.165) is 12.3 Å². The average molecular weight is 334 g/mol. The van der Waals surface area contributed by atoms with E-state index >= 15 is 0 Å². The number of hydrogen-bond donors (Lipinski definition) is 1. The number of nitrogens with one attached hydrogen (secondary N) is 1. The van der Waals surface area contributed by atoms with Crippen molar-refractivity contribution in [2.24, 2.45) is 0 Å². The van der Waals surface area contributed by atoms with Crippen LogP contribution >= 0.6 is 23.2 Å². The highest BCUT2D eigenvalue weighted by Crippen LogP contribution is 2.29. The molecule has 21 heavy (non-hydrogen) atoms. The summed E-state index contributed by atoms with van der Waals surface area (Å²) in [5.74, 6) is -3.73. The summed E-state index contributed by atoms with van der Waals surface area (Å²) in [6.07, 6.45) is 1.04. The van der Waals surface area contributed by atoms with Crippen molar-refractivity contribution in [2.45, 2.75) is 19.6 Å². The first-order valence-electron chi connectivity index (χ1n) is 5.77. The van der Waals surface area contributed by atoms with Crippen LogP contribution in [-0.4, -0.2) is 17.7 Å². The summed E-state index contributed by atoms with van der Waals surface area (Å²) in [5, 5.41) is 2.52. The molecule has 1 heterocycles. The Labute approximate surface area is 129 Å². The third kappa shape index (κ3) is 3.46. The summed E-state index contributed by atoms with van der Waals surface area (Å²) in [6.45, 7) is 2.86. The summed E-state index contributed by atoms with van der Waals surface area (Å²) < 4.78 is 23.1. The molecule has 0 aliphatic carbocycles. The molecule has 1 aliphatic rings. The Morgan fingerprint density at radius 2 is 1.71 bits per heavy atom. The van der Waals surface area contributed by atoms with Crippen LogP contribution in [0.1, 0.15) is 13.8 Å². The molecule has 8 heteroatoms. The molecule has 1 saturated heterocycles. The van der Waals surface area contributed by atoms with Gasteiger partial charge in [-0.05, 0) is 6.07 Å². The largest absolute Gasteiger partial charge is 0.419 e. The Kier molecular flexibility index (Phi) is 4.11. The number of halogens is 3. The van der Waals surface area contributed by atoms with Gasteiger partial charge in [0.1, 0.15) is 5.82 Å². The Balaban J connectivity index is 2.24. The number of esters is 2. The Morgan fingerprint density at radius 3 is 2.29 bits per heavy atom. The zero-order valence-corrected chi connectivity index (χ0v) is 12.5. The van der Waals surface area contributed by atoms with Crippen molar-refractivity contribution in [1.29, 1.82) is 0 Å². The van der Waals surface area contributed by atoms with Gasteiger partial charge in [-0.3, -0.25) is 0 Å². The van der Waals surface area contributed by atoms with E-state index in [0.29, 0.717) is 0 Å². The quantitative estimate of drug-likeness (QED) is 0.389. The fourth-order valence-corrected chi connectivity index (χ4v) is 2.00. The van der Waals surface area contributed by atoms with Gasteiger partial charge in [0.2, 0.25) is 0 Å². The van der Waals surface area contributed by atoms with Crippen molar-refractivity contribution in [3.8, 4) is 0 Å². The van der Waals surface area contributed by atoms with E-state index in [1.54, 1.807) is 0 Å². The Morgan fingerprint density at radius 1 is 1.14 bits per heavy atom. The molecular weight excluding hydrogens is 324 g/mol. The van der Waals surface area contributed by atoms with Crippen LogP contribution in [0.2, 0.25) is 10.0 Å². The molecule has 0 atom stereocenters. The predicted octanol–water partition coefficient (Wildman–Crippen LogP) is 3.26. The summed E-state index contributed by atoms with van der Waals surface area (Å²) in [7, 11) is 0. The van der Waals surface area contributed by atoms with Crippen LogP contribution in [0.5, 0.6) is 0 Å². The lowest BCUT2D eigenvalue weighted by atomic mass is 10.2. The number of hydrogen-bond acceptors (Lipinski definition) is 5. The summed E-state index contributed by atoms with van der Waals surface area (Å²) in [5.41, 5.74) is -0.225. The van der Waals surface area contributed by atoms with Crippen LogP contribution in [0.25, 0.3) is 0 Å². The minimum atomic E-state index is -1.32. The van der Waals surface area contributed by atoms with Crippen molar-refractivity contribution in [3.63, 3.8) is 0 Å². The van der Waals surface area contributed by atoms with Crippen LogP contribution in [0.15, 0.2) is 23.9 Å². The second-order valence-electron chi connectivity index (χ2n) is 4.63. The zero-order chi connectivity index (χ0) is 15.8. The van der Waals surface area contributed by atoms with Gasteiger partial charge in [0, 0.05) is 26.1 Å². The second kappa shape index (κ2) is 5.54. The van der Waals surface area contributed by atoms with Crippen molar-refractivity contribution in [2.75, 3.05) is 5.32 Å². The van der Waals surface area contributed by atoms with Gasteiger partial charge in [-0.25, -0.2) is 14.0 Å². The minimum Gasteiger partial charge on any atom is -0.419 e. The normalized spacial score (nSPS) is 17.1. The predicted molar refractivity (Wildman–Crippen MR) is 74.4 cm³/mol. The number of carbonyl (C=O) groups is 2. The second-order valence-corrected chi connectivity index (χ2v) is 5.44. The molecule has 1 fully saturated rings. The summed E-state index contributed by atoms with van der Waals surface area (Å²) >= 11 is 11.4. The average Bonchev–Trinajstić information content (AvgIpc) is 2.32. The lowest BCUT2D eigenvalue weighted by Crippen LogP contribution is -2.42. The highest BCUT2D eigenvalue weighted by molar-refractivity contribution is 6.36. The monoisotopic (exact) mass is 333 g/mol. The molecule has 2 rings (SSSR count). The van der Waals surface area contributed by atoms with Crippen molar-refractivity contribution < 1.29 is 23.5 Å². The SMILES string of the molecule is CC1(C)OC(=O)C(=CNc2cc(F)c(Cl)cc2Cl)C(=O)O1. The standard InChI is InChI=1S/C13H10Cl2FNO4/c1-13(2)20-11(18)6(12(19)21-13)5-17-10-4-9(16)7(14)3-8(10)15/h3-5,17H,1-2H3. The number of anilines is 1. The van der Waals surface area contributed by atoms with Crippen LogP contribution in [-0.2, 0) is 19.1 Å². The molecule has 1 aromatic carbocycles. The number of benzene rings is 1. The van der Waals surface area contributed by atoms with Gasteiger partial charge in [0.15, 0.2) is 5.57 Å². The fourth-order valence-electron chi connectivity index (χ4n) is 1.56. The maximum Gasteiger partial charge on any atom is 0.350 e. The molecule has 0 bridgehead atoms. The van der Waals surface area contributed by atoms with Gasteiger partial charge < -0.3 is 14.8 Å². The van der Waals surface area contributed by atoms with E-state index in [1.807, 2.05) is 0 Å². The number of carbonyl (C=O) groups excluding carboxylic acids is 2. The van der Waals surface area contributed by atoms with Gasteiger partial charge >= 0.3 is 11.9 Å². The molecule has 0 spiro atoms. The molecule has 112 valence electrons. The molecule has 0 unspecified atom stereocenters. The van der Waals surface area contributed by atoms with Crippen LogP contribution in [0.4, 0.5) is 10.1 Å². The van der Waals surface area contributed by atoms with E-state index in [-0.39, 0.29) is 21.3 Å². The van der Waals surface area contributed by atoms with E-state index in [1.165, 1.54) is 19.9 Å². The van der Waals surface area contributed by atoms with E-state index in [9.17, 15) is 14.0 Å². The summed E-state index contributed by atoms with van der Waals surface area (Å²) in [6, 6.07) is 2.23. The molecule has 1 N–H and O–H groups in total. The topological polar surface area (TPSA) is 64.6 Å². The van der Waals surface area contributed by atoms with Gasteiger partial charge in [0.05, 0.1) is 15.7 Å². The van der Waals surface area contributed by atoms with Crippen LogP contribution in [0.3, 0.4) is 0 Å². The lowest BCUT2D eigenvalue weighted by Gasteiger charge is -2.29. The van der Waals surface area contributed by atoms with Gasteiger partial charge in [-0.2, -0.15) is 0 Å². The van der Waals surface area contributed by atoms with E-state index < -0.39 is 23.5 Å². The third-order valence-electron chi connectivity index (χ3n) is 2.50. The molecule has 0 aromatic heterocycles. The third-order valence-corrected chi connectivity index (χ3v) is 3.10. The highest BCUT2D eigenvalue weighted by atomic mass is 35.5. The van der Waals surface area contributed by atoms with Crippen LogP contribution in [0, 0.1) is 5.82 Å². The van der Waals surface area contributed by atoms with Gasteiger partial charge in [-0.15, -0.1) is 0 Å². The van der Waals surface area contributed by atoms with E-state index in [2.05, 4.69) is 5.32 Å². The molecule has 0 amide bonds. The first-order chi connectivity index (χ1) is 9.69. The molecule has 1 aliphatic heterocycles. The van der Waals surface area contributed by atoms with Crippen molar-refractivity contribution in [1.82, 2.24) is 0 Å². The highest BCUT2D eigenvalue weighted by Gasteiger charge is 2.38. The Bertz CT molecular complexity index is 636. The number of cyclic esters (lactones) is 2. The maximum absolute atomic E-state index is 13.3. The van der Waals surface area contributed by atoms with Crippen molar-refractivity contribution >= 4 is 40.8 Å². The minimum absolute atomic E-state index is 0.121. The molecule has 0 radical (unpaired) electrons. The van der Waals surface area contributed by atoms with Gasteiger partial charge in [0.25, 0.3) is 5.79 Å². The zero-order valence-electron chi connectivity index (χ0n) is 11.0. The molecular formula is C13H10Cl2FNO4. The fraction of sp³-hybridized carbons (Fsp3) is 0.231. The summed E-state index contributed by atoms with van der Waals surface area (Å²) in [4.78, 5) is 23.4. The smallest absolute Gasteiger partial charge is 0.350 e. The lowest BCUT2D eigenvalue weighted by molar-refractivity contribution is -0.222. The Hall–Kier alpha value is -1.79. The number of ether oxygens (including phenoxy) is 2. The maximum atomic E-state index is 13.3. The van der Waals surface area contributed by atoms with Crippen LogP contribution < -0.4 is 5.32 Å². The van der Waals surface area contributed by atoms with Crippen molar-refractivity contribution in [3.05, 3.63) is 39.8 Å². The first-order valence-corrected chi connectivity index (χ1v) is 6.53. The van der Waals surface area contributed by atoms with E-state index in [4.69, 9.17) is 32.7 Å². The number of rotatable bonds is 2. The molecule has 5 nitrogen and oxygen atoms in total.